The minimum Gasteiger partial charge on any atom is -0.382 e. The van der Waals surface area contributed by atoms with E-state index in [1.807, 2.05) is 7.05 Å². The Hall–Kier alpha value is -1.11. The number of nitrogens with zero attached hydrogens (tertiary/aromatic N) is 1. The highest BCUT2D eigenvalue weighted by molar-refractivity contribution is 9.10. The maximum atomic E-state index is 5.47. The lowest BCUT2D eigenvalue weighted by atomic mass is 9.64. The topological polar surface area (TPSA) is 54.9 Å². The summed E-state index contributed by atoms with van der Waals surface area (Å²) in [7, 11) is 3.50. The Morgan fingerprint density at radius 2 is 1.92 bits per heavy atom. The number of nitrogens with one attached hydrogen (secondary N) is 2. The maximum absolute atomic E-state index is 5.47. The van der Waals surface area contributed by atoms with Crippen LogP contribution in [-0.4, -0.2) is 53.0 Å². The van der Waals surface area contributed by atoms with Gasteiger partial charge in [-0.1, -0.05) is 34.5 Å². The van der Waals surface area contributed by atoms with Crippen LogP contribution in [0.1, 0.15) is 31.2 Å². The molecule has 0 unspecified atom stereocenters. The molecule has 1 fully saturated rings. The van der Waals surface area contributed by atoms with Gasteiger partial charge in [0.2, 0.25) is 0 Å². The van der Waals surface area contributed by atoms with Gasteiger partial charge < -0.3 is 20.1 Å². The Bertz CT molecular complexity index is 530. The molecule has 1 aliphatic carbocycles. The second kappa shape index (κ2) is 10.8. The molecule has 5 nitrogen and oxygen atoms in total. The molecular weight excluding hydrogens is 382 g/mol. The van der Waals surface area contributed by atoms with E-state index in [9.17, 15) is 0 Å². The third-order valence-electron chi connectivity index (χ3n) is 4.77. The van der Waals surface area contributed by atoms with Crippen molar-refractivity contribution in [2.45, 2.75) is 31.1 Å². The summed E-state index contributed by atoms with van der Waals surface area (Å²) < 4.78 is 11.6. The minimum absolute atomic E-state index is 0.238. The SMILES string of the molecule is CN=C(NCCCOCCOC)NCC1(c2ccc(Br)cc2)CCC1. The molecule has 140 valence electrons. The van der Waals surface area contributed by atoms with Crippen LogP contribution < -0.4 is 10.6 Å². The highest BCUT2D eigenvalue weighted by atomic mass is 79.9. The zero-order valence-electron chi connectivity index (χ0n) is 15.3. The molecule has 0 spiro atoms. The standard InChI is InChI=1S/C19H30BrN3O2/c1-21-18(22-11-4-12-25-14-13-24-2)23-15-19(9-3-10-19)16-5-7-17(20)8-6-16/h5-8H,3-4,9-15H2,1-2H3,(H2,21,22,23). The van der Waals surface area contributed by atoms with Gasteiger partial charge in [0.25, 0.3) is 0 Å². The van der Waals surface area contributed by atoms with Crippen LogP contribution in [-0.2, 0) is 14.9 Å². The van der Waals surface area contributed by atoms with Gasteiger partial charge >= 0.3 is 0 Å². The molecular formula is C19H30BrN3O2. The highest BCUT2D eigenvalue weighted by Crippen LogP contribution is 2.43. The molecule has 0 amide bonds. The third kappa shape index (κ3) is 6.28. The van der Waals surface area contributed by atoms with Gasteiger partial charge in [-0.2, -0.15) is 0 Å². The first-order chi connectivity index (χ1) is 12.2. The predicted octanol–water partition coefficient (Wildman–Crippen LogP) is 3.09. The van der Waals surface area contributed by atoms with E-state index in [0.29, 0.717) is 13.2 Å². The first-order valence-electron chi connectivity index (χ1n) is 8.97. The number of guanidine groups is 1. The van der Waals surface area contributed by atoms with Crippen molar-refractivity contribution < 1.29 is 9.47 Å². The average molecular weight is 412 g/mol. The fraction of sp³-hybridized carbons (Fsp3) is 0.632. The van der Waals surface area contributed by atoms with E-state index in [-0.39, 0.29) is 5.41 Å². The van der Waals surface area contributed by atoms with Crippen molar-refractivity contribution in [1.82, 2.24) is 10.6 Å². The Balaban J connectivity index is 1.73. The quantitative estimate of drug-likeness (QED) is 0.352. The molecule has 0 aliphatic heterocycles. The molecule has 0 heterocycles. The number of aliphatic imine (C=N–C) groups is 1. The van der Waals surface area contributed by atoms with Crippen LogP contribution in [0.2, 0.25) is 0 Å². The van der Waals surface area contributed by atoms with Gasteiger partial charge in [0, 0.05) is 43.7 Å². The number of methoxy groups -OCH3 is 1. The summed E-state index contributed by atoms with van der Waals surface area (Å²) in [6.07, 6.45) is 4.70. The van der Waals surface area contributed by atoms with Gasteiger partial charge in [-0.25, -0.2) is 0 Å². The van der Waals surface area contributed by atoms with Gasteiger partial charge in [0.1, 0.15) is 0 Å². The van der Waals surface area contributed by atoms with E-state index in [1.165, 1.54) is 24.8 Å². The minimum atomic E-state index is 0.238. The van der Waals surface area contributed by atoms with Gasteiger partial charge in [-0.05, 0) is 37.0 Å². The largest absolute Gasteiger partial charge is 0.382 e. The van der Waals surface area contributed by atoms with Crippen molar-refractivity contribution in [2.75, 3.05) is 47.1 Å². The van der Waals surface area contributed by atoms with Crippen LogP contribution in [0.5, 0.6) is 0 Å². The van der Waals surface area contributed by atoms with Crippen LogP contribution in [0.4, 0.5) is 0 Å². The molecule has 0 atom stereocenters. The van der Waals surface area contributed by atoms with Crippen molar-refractivity contribution in [2.24, 2.45) is 4.99 Å². The normalized spacial score (nSPS) is 16.4. The third-order valence-corrected chi connectivity index (χ3v) is 5.30. The second-order valence-electron chi connectivity index (χ2n) is 6.45. The van der Waals surface area contributed by atoms with Crippen LogP contribution in [0, 0.1) is 0 Å². The smallest absolute Gasteiger partial charge is 0.191 e. The van der Waals surface area contributed by atoms with E-state index in [1.54, 1.807) is 7.11 Å². The predicted molar refractivity (Wildman–Crippen MR) is 106 cm³/mol. The Morgan fingerprint density at radius 3 is 2.52 bits per heavy atom. The fourth-order valence-electron chi connectivity index (χ4n) is 3.07. The summed E-state index contributed by atoms with van der Waals surface area (Å²) in [5.41, 5.74) is 1.65. The summed E-state index contributed by atoms with van der Waals surface area (Å²) in [6.45, 7) is 3.79. The van der Waals surface area contributed by atoms with Crippen molar-refractivity contribution in [3.8, 4) is 0 Å². The van der Waals surface area contributed by atoms with Gasteiger partial charge in [-0.3, -0.25) is 4.99 Å². The number of halogens is 1. The number of rotatable bonds is 10. The van der Waals surface area contributed by atoms with Crippen molar-refractivity contribution in [3.63, 3.8) is 0 Å². The summed E-state index contributed by atoms with van der Waals surface area (Å²) in [5, 5.41) is 6.86. The van der Waals surface area contributed by atoms with Crippen LogP contribution in [0.25, 0.3) is 0 Å². The molecule has 1 aromatic carbocycles. The molecule has 0 radical (unpaired) electrons. The van der Waals surface area contributed by atoms with Crippen LogP contribution >= 0.6 is 15.9 Å². The molecule has 6 heteroatoms. The van der Waals surface area contributed by atoms with E-state index in [2.05, 4.69) is 55.8 Å². The molecule has 2 N–H and O–H groups in total. The van der Waals surface area contributed by atoms with Crippen molar-refractivity contribution in [1.29, 1.82) is 0 Å². The average Bonchev–Trinajstić information content (AvgIpc) is 2.59. The van der Waals surface area contributed by atoms with Crippen molar-refractivity contribution in [3.05, 3.63) is 34.3 Å². The molecule has 0 saturated heterocycles. The molecule has 1 aliphatic rings. The van der Waals surface area contributed by atoms with E-state index < -0.39 is 0 Å². The molecule has 0 aromatic heterocycles. The maximum Gasteiger partial charge on any atom is 0.191 e. The summed E-state index contributed by atoms with van der Waals surface area (Å²) in [6, 6.07) is 8.73. The lowest BCUT2D eigenvalue weighted by molar-refractivity contribution is 0.0698. The summed E-state index contributed by atoms with van der Waals surface area (Å²) in [4.78, 5) is 4.33. The Kier molecular flexibility index (Phi) is 8.72. The van der Waals surface area contributed by atoms with Crippen LogP contribution in [0.15, 0.2) is 33.7 Å². The monoisotopic (exact) mass is 411 g/mol. The number of hydrogen-bond acceptors (Lipinski definition) is 3. The Labute approximate surface area is 159 Å². The molecule has 1 aromatic rings. The first kappa shape index (κ1) is 20.2. The number of benzene rings is 1. The van der Waals surface area contributed by atoms with Gasteiger partial charge in [-0.15, -0.1) is 0 Å². The van der Waals surface area contributed by atoms with Crippen molar-refractivity contribution >= 4 is 21.9 Å². The molecule has 2 rings (SSSR count). The second-order valence-corrected chi connectivity index (χ2v) is 7.37. The number of ether oxygens (including phenoxy) is 2. The van der Waals surface area contributed by atoms with Gasteiger partial charge in [0.15, 0.2) is 5.96 Å². The molecule has 1 saturated carbocycles. The molecule has 0 bridgehead atoms. The number of hydrogen-bond donors (Lipinski definition) is 2. The summed E-state index contributed by atoms with van der Waals surface area (Å²) in [5.74, 6) is 0.861. The van der Waals surface area contributed by atoms with E-state index in [0.717, 1.165) is 36.5 Å². The van der Waals surface area contributed by atoms with Crippen LogP contribution in [0.3, 0.4) is 0 Å². The zero-order chi connectivity index (χ0) is 18.0. The van der Waals surface area contributed by atoms with E-state index >= 15 is 0 Å². The lowest BCUT2D eigenvalue weighted by Crippen LogP contribution is -2.49. The highest BCUT2D eigenvalue weighted by Gasteiger charge is 2.38. The Morgan fingerprint density at radius 1 is 1.16 bits per heavy atom. The fourth-order valence-corrected chi connectivity index (χ4v) is 3.34. The molecule has 25 heavy (non-hydrogen) atoms. The van der Waals surface area contributed by atoms with E-state index in [4.69, 9.17) is 9.47 Å². The zero-order valence-corrected chi connectivity index (χ0v) is 16.9. The summed E-state index contributed by atoms with van der Waals surface area (Å²) >= 11 is 3.52. The first-order valence-corrected chi connectivity index (χ1v) is 9.77. The lowest BCUT2D eigenvalue weighted by Gasteiger charge is -2.43. The van der Waals surface area contributed by atoms with Gasteiger partial charge in [0.05, 0.1) is 13.2 Å².